The van der Waals surface area contributed by atoms with Gasteiger partial charge in [0.1, 0.15) is 0 Å². The lowest BCUT2D eigenvalue weighted by atomic mass is 10.1. The Morgan fingerprint density at radius 3 is 2.94 bits per heavy atom. The van der Waals surface area contributed by atoms with Gasteiger partial charge in [-0.3, -0.25) is 4.79 Å². The maximum absolute atomic E-state index is 12.1. The van der Waals surface area contributed by atoms with Crippen LogP contribution in [0.5, 0.6) is 0 Å². The second kappa shape index (κ2) is 4.23. The molecule has 1 aromatic heterocycles. The van der Waals surface area contributed by atoms with Crippen molar-refractivity contribution in [1.82, 2.24) is 4.98 Å². The van der Waals surface area contributed by atoms with Crippen LogP contribution in [-0.2, 0) is 0 Å². The van der Waals surface area contributed by atoms with Crippen molar-refractivity contribution >= 4 is 16.6 Å². The van der Waals surface area contributed by atoms with Gasteiger partial charge < -0.3 is 10.7 Å². The lowest BCUT2D eigenvalue weighted by molar-refractivity contribution is 1.21. The number of rotatable bonds is 2. The molecule has 0 aliphatic heterocycles. The summed E-state index contributed by atoms with van der Waals surface area (Å²) >= 11 is 0. The lowest BCUT2D eigenvalue weighted by Gasteiger charge is -2.03. The van der Waals surface area contributed by atoms with E-state index in [1.54, 1.807) is 12.3 Å². The van der Waals surface area contributed by atoms with Gasteiger partial charge in [0.15, 0.2) is 5.43 Å². The van der Waals surface area contributed by atoms with E-state index in [9.17, 15) is 4.79 Å². The number of allylic oxidation sites excluding steroid dienone is 1. The first-order valence-electron chi connectivity index (χ1n) is 5.30. The van der Waals surface area contributed by atoms with E-state index in [1.165, 1.54) is 0 Å². The van der Waals surface area contributed by atoms with Crippen molar-refractivity contribution in [2.24, 2.45) is 5.73 Å². The van der Waals surface area contributed by atoms with E-state index in [2.05, 4.69) is 4.98 Å². The molecular weight excluding hydrogens is 200 g/mol. The van der Waals surface area contributed by atoms with E-state index in [4.69, 9.17) is 5.73 Å². The molecule has 3 N–H and O–H groups in total. The SMILES string of the molecule is CC/C=C(/N)c1c[nH]c2ccccc2c1=O. The second-order valence-electron chi connectivity index (χ2n) is 3.64. The van der Waals surface area contributed by atoms with Gasteiger partial charge in [-0.1, -0.05) is 25.1 Å². The fourth-order valence-corrected chi connectivity index (χ4v) is 1.71. The Labute approximate surface area is 93.6 Å². The molecule has 0 saturated carbocycles. The van der Waals surface area contributed by atoms with Crippen LogP contribution < -0.4 is 11.2 Å². The molecule has 0 radical (unpaired) electrons. The summed E-state index contributed by atoms with van der Waals surface area (Å²) < 4.78 is 0. The minimum absolute atomic E-state index is 0.0171. The summed E-state index contributed by atoms with van der Waals surface area (Å²) in [5.41, 5.74) is 7.73. The van der Waals surface area contributed by atoms with E-state index < -0.39 is 0 Å². The highest BCUT2D eigenvalue weighted by atomic mass is 16.1. The molecular formula is C13H14N2O. The van der Waals surface area contributed by atoms with Crippen molar-refractivity contribution in [1.29, 1.82) is 0 Å². The summed E-state index contributed by atoms with van der Waals surface area (Å²) in [5, 5.41) is 0.674. The minimum atomic E-state index is -0.0171. The van der Waals surface area contributed by atoms with Gasteiger partial charge in [-0.2, -0.15) is 0 Å². The summed E-state index contributed by atoms with van der Waals surface area (Å²) in [7, 11) is 0. The molecule has 0 bridgehead atoms. The number of nitrogens with two attached hydrogens (primary N) is 1. The zero-order valence-corrected chi connectivity index (χ0v) is 9.16. The van der Waals surface area contributed by atoms with Crippen LogP contribution >= 0.6 is 0 Å². The van der Waals surface area contributed by atoms with E-state index in [-0.39, 0.29) is 5.43 Å². The molecule has 0 spiro atoms. The van der Waals surface area contributed by atoms with Crippen LogP contribution in [0.15, 0.2) is 41.3 Å². The largest absolute Gasteiger partial charge is 0.398 e. The third-order valence-electron chi connectivity index (χ3n) is 2.52. The predicted octanol–water partition coefficient (Wildman–Crippen LogP) is 2.24. The number of para-hydroxylation sites is 1. The first-order valence-corrected chi connectivity index (χ1v) is 5.30. The maximum atomic E-state index is 12.1. The van der Waals surface area contributed by atoms with Gasteiger partial charge in [0.25, 0.3) is 0 Å². The molecule has 0 fully saturated rings. The molecule has 1 aromatic carbocycles. The smallest absolute Gasteiger partial charge is 0.198 e. The van der Waals surface area contributed by atoms with Gasteiger partial charge in [-0.05, 0) is 18.6 Å². The van der Waals surface area contributed by atoms with Crippen molar-refractivity contribution in [2.45, 2.75) is 13.3 Å². The van der Waals surface area contributed by atoms with Crippen molar-refractivity contribution in [2.75, 3.05) is 0 Å². The first-order chi connectivity index (χ1) is 7.74. The van der Waals surface area contributed by atoms with Crippen LogP contribution in [0.1, 0.15) is 18.9 Å². The molecule has 2 rings (SSSR count). The molecule has 16 heavy (non-hydrogen) atoms. The summed E-state index contributed by atoms with van der Waals surface area (Å²) in [6, 6.07) is 7.42. The van der Waals surface area contributed by atoms with Crippen LogP contribution in [0, 0.1) is 0 Å². The number of fused-ring (bicyclic) bond motifs is 1. The Morgan fingerprint density at radius 2 is 2.19 bits per heavy atom. The number of aromatic nitrogens is 1. The molecule has 0 saturated heterocycles. The Morgan fingerprint density at radius 1 is 1.44 bits per heavy atom. The van der Waals surface area contributed by atoms with Crippen LogP contribution in [-0.4, -0.2) is 4.98 Å². The highest BCUT2D eigenvalue weighted by molar-refractivity contribution is 5.81. The number of nitrogens with one attached hydrogen (secondary N) is 1. The van der Waals surface area contributed by atoms with Crippen LogP contribution in [0.2, 0.25) is 0 Å². The van der Waals surface area contributed by atoms with Gasteiger partial charge in [0.05, 0.1) is 5.56 Å². The van der Waals surface area contributed by atoms with Gasteiger partial charge in [-0.25, -0.2) is 0 Å². The summed E-state index contributed by atoms with van der Waals surface area (Å²) in [5.74, 6) is 0. The zero-order valence-electron chi connectivity index (χ0n) is 9.16. The minimum Gasteiger partial charge on any atom is -0.398 e. The quantitative estimate of drug-likeness (QED) is 0.805. The molecule has 0 aliphatic rings. The van der Waals surface area contributed by atoms with E-state index in [1.807, 2.05) is 31.2 Å². The molecule has 0 unspecified atom stereocenters. The van der Waals surface area contributed by atoms with E-state index in [0.29, 0.717) is 16.6 Å². The van der Waals surface area contributed by atoms with Crippen molar-refractivity contribution in [3.05, 3.63) is 52.3 Å². The predicted molar refractivity (Wildman–Crippen MR) is 67.0 cm³/mol. The zero-order chi connectivity index (χ0) is 11.5. The molecule has 82 valence electrons. The fourth-order valence-electron chi connectivity index (χ4n) is 1.71. The van der Waals surface area contributed by atoms with Gasteiger partial charge in [0, 0.05) is 22.8 Å². The Bertz CT molecular complexity index is 596. The van der Waals surface area contributed by atoms with Crippen molar-refractivity contribution in [3.8, 4) is 0 Å². The third-order valence-corrected chi connectivity index (χ3v) is 2.52. The molecule has 3 nitrogen and oxygen atoms in total. The van der Waals surface area contributed by atoms with Crippen molar-refractivity contribution < 1.29 is 0 Å². The normalized spacial score (nSPS) is 11.9. The number of benzene rings is 1. The number of hydrogen-bond acceptors (Lipinski definition) is 2. The standard InChI is InChI=1S/C13H14N2O/c1-2-5-11(14)10-8-15-12-7-4-3-6-9(12)13(10)16/h3-8H,2,14H2,1H3,(H,15,16)/b11-5+. The maximum Gasteiger partial charge on any atom is 0.198 e. The summed E-state index contributed by atoms with van der Waals surface area (Å²) in [6.45, 7) is 1.99. The summed E-state index contributed by atoms with van der Waals surface area (Å²) in [6.07, 6.45) is 4.34. The fraction of sp³-hybridized carbons (Fsp3) is 0.154. The highest BCUT2D eigenvalue weighted by Crippen LogP contribution is 2.10. The highest BCUT2D eigenvalue weighted by Gasteiger charge is 2.05. The number of aromatic amines is 1. The molecule has 1 heterocycles. The molecule has 0 atom stereocenters. The molecule has 0 aliphatic carbocycles. The van der Waals surface area contributed by atoms with Crippen LogP contribution in [0.4, 0.5) is 0 Å². The lowest BCUT2D eigenvalue weighted by Crippen LogP contribution is -2.13. The second-order valence-corrected chi connectivity index (χ2v) is 3.64. The number of H-pyrrole nitrogens is 1. The molecule has 0 amide bonds. The van der Waals surface area contributed by atoms with Gasteiger partial charge >= 0.3 is 0 Å². The number of hydrogen-bond donors (Lipinski definition) is 2. The monoisotopic (exact) mass is 214 g/mol. The first kappa shape index (κ1) is 10.5. The summed E-state index contributed by atoms with van der Waals surface area (Å²) in [4.78, 5) is 15.2. The molecule has 3 heteroatoms. The van der Waals surface area contributed by atoms with Crippen LogP contribution in [0.25, 0.3) is 16.6 Å². The topological polar surface area (TPSA) is 58.9 Å². The van der Waals surface area contributed by atoms with Crippen molar-refractivity contribution in [3.63, 3.8) is 0 Å². The van der Waals surface area contributed by atoms with E-state index >= 15 is 0 Å². The van der Waals surface area contributed by atoms with Crippen LogP contribution in [0.3, 0.4) is 0 Å². The molecule has 2 aromatic rings. The third kappa shape index (κ3) is 1.72. The average Bonchev–Trinajstić information content (AvgIpc) is 2.30. The Hall–Kier alpha value is -2.03. The van der Waals surface area contributed by atoms with E-state index in [0.717, 1.165) is 11.9 Å². The number of pyridine rings is 1. The Kier molecular flexibility index (Phi) is 2.77. The Balaban J connectivity index is 2.71. The van der Waals surface area contributed by atoms with Gasteiger partial charge in [-0.15, -0.1) is 0 Å². The van der Waals surface area contributed by atoms with Gasteiger partial charge in [0.2, 0.25) is 0 Å². The average molecular weight is 214 g/mol.